The fourth-order valence-corrected chi connectivity index (χ4v) is 1.88. The van der Waals surface area contributed by atoms with Gasteiger partial charge < -0.3 is 34.7 Å². The van der Waals surface area contributed by atoms with E-state index in [0.29, 0.717) is 0 Å². The summed E-state index contributed by atoms with van der Waals surface area (Å²) >= 11 is 0. The monoisotopic (exact) mass is 260 g/mol. The van der Waals surface area contributed by atoms with Gasteiger partial charge in [-0.3, -0.25) is 0 Å². The Hall–Kier alpha value is -2.83. The van der Waals surface area contributed by atoms with Crippen molar-refractivity contribution in [1.29, 1.82) is 0 Å². The predicted octanol–water partition coefficient (Wildman–Crippen LogP) is -2.81. The number of hydrogen-bond donors (Lipinski definition) is 1. The standard InChI is InChI=1S/C12H9NO6/c14-9(15)4-7-6-2-1-5(11(16)17)3-8(6)13-10(7)12(18)19/h1-3,13H,4H2,(H,14,15)(H,16,17)(H,18,19)/p-3. The van der Waals surface area contributed by atoms with Crippen molar-refractivity contribution in [2.24, 2.45) is 0 Å². The highest BCUT2D eigenvalue weighted by Gasteiger charge is 2.13. The van der Waals surface area contributed by atoms with Crippen LogP contribution in [0.15, 0.2) is 18.2 Å². The zero-order valence-electron chi connectivity index (χ0n) is 9.39. The summed E-state index contributed by atoms with van der Waals surface area (Å²) in [5, 5.41) is 32.5. The number of H-pyrrole nitrogens is 1. The zero-order chi connectivity index (χ0) is 14.2. The average molecular weight is 260 g/mol. The molecule has 0 fully saturated rings. The van der Waals surface area contributed by atoms with Gasteiger partial charge in [0.15, 0.2) is 0 Å². The normalized spacial score (nSPS) is 10.5. The van der Waals surface area contributed by atoms with Gasteiger partial charge in [0.05, 0.1) is 17.6 Å². The second kappa shape index (κ2) is 4.45. The Bertz CT molecular complexity index is 700. The van der Waals surface area contributed by atoms with Gasteiger partial charge in [-0.05, 0) is 17.2 Å². The molecule has 0 atom stereocenters. The first-order chi connectivity index (χ1) is 8.90. The molecule has 0 amide bonds. The number of hydrogen-bond acceptors (Lipinski definition) is 6. The molecule has 0 saturated heterocycles. The quantitative estimate of drug-likeness (QED) is 0.629. The van der Waals surface area contributed by atoms with Crippen LogP contribution in [0.4, 0.5) is 0 Å². The Morgan fingerprint density at radius 1 is 1.05 bits per heavy atom. The molecule has 0 aliphatic heterocycles. The summed E-state index contributed by atoms with van der Waals surface area (Å²) in [6.45, 7) is 0. The molecular weight excluding hydrogens is 254 g/mol. The number of rotatable bonds is 4. The molecule has 98 valence electrons. The number of carboxylic acids is 3. The van der Waals surface area contributed by atoms with Gasteiger partial charge in [-0.1, -0.05) is 12.1 Å². The number of aromatic nitrogens is 1. The topological polar surface area (TPSA) is 136 Å². The minimum atomic E-state index is -1.58. The van der Waals surface area contributed by atoms with E-state index in [1.165, 1.54) is 12.1 Å². The lowest BCUT2D eigenvalue weighted by Gasteiger charge is -2.06. The van der Waals surface area contributed by atoms with E-state index in [9.17, 15) is 29.7 Å². The van der Waals surface area contributed by atoms with E-state index in [1.807, 2.05) is 0 Å². The number of carboxylic acid groups (broad SMARTS) is 3. The Balaban J connectivity index is 2.69. The van der Waals surface area contributed by atoms with Crippen molar-refractivity contribution in [3.8, 4) is 0 Å². The second-order valence-corrected chi connectivity index (χ2v) is 3.86. The molecule has 7 heteroatoms. The smallest absolute Gasteiger partial charge is 0.0881 e. The fourth-order valence-electron chi connectivity index (χ4n) is 1.88. The molecule has 0 spiro atoms. The van der Waals surface area contributed by atoms with E-state index in [2.05, 4.69) is 4.98 Å². The number of carbonyl (C=O) groups excluding carboxylic acids is 3. The second-order valence-electron chi connectivity index (χ2n) is 3.86. The third kappa shape index (κ3) is 2.25. The van der Waals surface area contributed by atoms with Crippen LogP contribution in [-0.2, 0) is 11.2 Å². The number of aromatic amines is 1. The Kier molecular flexibility index (Phi) is 2.95. The van der Waals surface area contributed by atoms with Gasteiger partial charge in [-0.25, -0.2) is 0 Å². The summed E-state index contributed by atoms with van der Waals surface area (Å²) in [5.41, 5.74) is -0.398. The van der Waals surface area contributed by atoms with Crippen molar-refractivity contribution < 1.29 is 29.7 Å². The summed E-state index contributed by atoms with van der Waals surface area (Å²) < 4.78 is 0. The van der Waals surface area contributed by atoms with E-state index in [4.69, 9.17) is 0 Å². The molecule has 7 nitrogen and oxygen atoms in total. The molecule has 2 aromatic rings. The molecule has 0 aliphatic rings. The molecular formula is C12H6NO6-3. The summed E-state index contributed by atoms with van der Waals surface area (Å²) in [6, 6.07) is 3.67. The molecule has 1 aromatic heterocycles. The summed E-state index contributed by atoms with van der Waals surface area (Å²) in [6.07, 6.45) is -0.617. The summed E-state index contributed by atoms with van der Waals surface area (Å²) in [4.78, 5) is 34.6. The van der Waals surface area contributed by atoms with Crippen LogP contribution in [-0.4, -0.2) is 22.9 Å². The van der Waals surface area contributed by atoms with Gasteiger partial charge in [0, 0.05) is 23.3 Å². The molecule has 19 heavy (non-hydrogen) atoms. The Morgan fingerprint density at radius 3 is 2.26 bits per heavy atom. The molecule has 1 heterocycles. The Morgan fingerprint density at radius 2 is 1.74 bits per heavy atom. The van der Waals surface area contributed by atoms with Crippen LogP contribution in [0.2, 0.25) is 0 Å². The van der Waals surface area contributed by atoms with Crippen LogP contribution in [0.25, 0.3) is 10.9 Å². The maximum absolute atomic E-state index is 10.9. The first-order valence-electron chi connectivity index (χ1n) is 5.17. The molecule has 0 aliphatic carbocycles. The van der Waals surface area contributed by atoms with Crippen molar-refractivity contribution in [2.45, 2.75) is 6.42 Å². The lowest BCUT2D eigenvalue weighted by atomic mass is 10.1. The number of nitrogens with one attached hydrogen (secondary N) is 1. The average Bonchev–Trinajstić information content (AvgIpc) is 2.66. The van der Waals surface area contributed by atoms with E-state index in [-0.39, 0.29) is 22.0 Å². The highest BCUT2D eigenvalue weighted by molar-refractivity contribution is 6.00. The number of carbonyl (C=O) groups is 3. The highest BCUT2D eigenvalue weighted by Crippen LogP contribution is 2.23. The fraction of sp³-hybridized carbons (Fsp3) is 0.0833. The first-order valence-corrected chi connectivity index (χ1v) is 5.17. The highest BCUT2D eigenvalue weighted by atomic mass is 16.4. The minimum Gasteiger partial charge on any atom is -0.550 e. The van der Waals surface area contributed by atoms with Crippen molar-refractivity contribution in [3.05, 3.63) is 35.0 Å². The van der Waals surface area contributed by atoms with Crippen LogP contribution >= 0.6 is 0 Å². The van der Waals surface area contributed by atoms with Crippen LogP contribution in [0, 0.1) is 0 Å². The zero-order valence-corrected chi connectivity index (χ0v) is 9.39. The van der Waals surface area contributed by atoms with Gasteiger partial charge in [0.1, 0.15) is 0 Å². The van der Waals surface area contributed by atoms with Crippen molar-refractivity contribution in [3.63, 3.8) is 0 Å². The van der Waals surface area contributed by atoms with E-state index >= 15 is 0 Å². The third-order valence-electron chi connectivity index (χ3n) is 2.67. The third-order valence-corrected chi connectivity index (χ3v) is 2.67. The van der Waals surface area contributed by atoms with Crippen molar-refractivity contribution in [1.82, 2.24) is 4.98 Å². The number of aromatic carboxylic acids is 2. The van der Waals surface area contributed by atoms with E-state index in [0.717, 1.165) is 6.07 Å². The lowest BCUT2D eigenvalue weighted by molar-refractivity contribution is -0.304. The van der Waals surface area contributed by atoms with Crippen molar-refractivity contribution in [2.75, 3.05) is 0 Å². The molecule has 2 rings (SSSR count). The molecule has 0 radical (unpaired) electrons. The summed E-state index contributed by atoms with van der Waals surface area (Å²) in [5.74, 6) is -4.46. The van der Waals surface area contributed by atoms with Crippen LogP contribution in [0.1, 0.15) is 26.4 Å². The molecule has 0 bridgehead atoms. The van der Waals surface area contributed by atoms with E-state index < -0.39 is 30.0 Å². The first kappa shape index (κ1) is 12.6. The van der Waals surface area contributed by atoms with Gasteiger partial charge >= 0.3 is 0 Å². The molecule has 0 saturated carbocycles. The lowest BCUT2D eigenvalue weighted by Crippen LogP contribution is -2.28. The maximum atomic E-state index is 10.9. The van der Waals surface area contributed by atoms with Gasteiger partial charge in [0.25, 0.3) is 0 Å². The summed E-state index contributed by atoms with van der Waals surface area (Å²) in [7, 11) is 0. The molecule has 0 unspecified atom stereocenters. The largest absolute Gasteiger partial charge is 0.550 e. The Labute approximate surface area is 106 Å². The van der Waals surface area contributed by atoms with Crippen LogP contribution in [0.5, 0.6) is 0 Å². The number of fused-ring (bicyclic) bond motifs is 1. The molecule has 1 N–H and O–H groups in total. The van der Waals surface area contributed by atoms with Crippen LogP contribution in [0.3, 0.4) is 0 Å². The van der Waals surface area contributed by atoms with Gasteiger partial charge in [-0.15, -0.1) is 0 Å². The minimum absolute atomic E-state index is 0.0140. The molecule has 1 aromatic carbocycles. The predicted molar refractivity (Wildman–Crippen MR) is 55.7 cm³/mol. The van der Waals surface area contributed by atoms with E-state index in [1.54, 1.807) is 0 Å². The number of benzene rings is 1. The number of aliphatic carboxylic acids is 1. The van der Waals surface area contributed by atoms with Gasteiger partial charge in [-0.2, -0.15) is 0 Å². The SMILES string of the molecule is O=C([O-])Cc1c(C(=O)[O-])[nH]c2cc(C(=O)[O-])ccc12. The van der Waals surface area contributed by atoms with Crippen LogP contribution < -0.4 is 15.3 Å². The van der Waals surface area contributed by atoms with Gasteiger partial charge in [0.2, 0.25) is 0 Å². The maximum Gasteiger partial charge on any atom is 0.0881 e. The van der Waals surface area contributed by atoms with Crippen molar-refractivity contribution >= 4 is 28.8 Å².